The van der Waals surface area contributed by atoms with Crippen LogP contribution in [0.3, 0.4) is 0 Å². The number of halogens is 3. The van der Waals surface area contributed by atoms with Crippen LogP contribution in [0.15, 0.2) is 48.5 Å². The Bertz CT molecular complexity index is 1400. The molecule has 41 heavy (non-hydrogen) atoms. The van der Waals surface area contributed by atoms with Crippen molar-refractivity contribution >= 4 is 23.3 Å². The summed E-state index contributed by atoms with van der Waals surface area (Å²) in [6, 6.07) is 12.8. The Hall–Kier alpha value is -3.43. The molecule has 0 aliphatic carbocycles. The van der Waals surface area contributed by atoms with Crippen molar-refractivity contribution < 1.29 is 23.0 Å². The fraction of sp³-hybridized carbons (Fsp3) is 0.419. The van der Waals surface area contributed by atoms with Gasteiger partial charge >= 0.3 is 0 Å². The minimum Gasteiger partial charge on any atom is -0.486 e. The number of aromatic nitrogens is 1. The number of likely N-dealkylation sites (tertiary alicyclic amines) is 1. The van der Waals surface area contributed by atoms with Crippen molar-refractivity contribution in [1.82, 2.24) is 15.2 Å². The molecular weight excluding hydrogens is 550 g/mol. The van der Waals surface area contributed by atoms with Gasteiger partial charge in [-0.15, -0.1) is 0 Å². The zero-order valence-corrected chi connectivity index (χ0v) is 23.5. The number of amides is 1. The molecule has 2 fully saturated rings. The summed E-state index contributed by atoms with van der Waals surface area (Å²) in [6.45, 7) is 4.62. The number of anilines is 1. The Balaban J connectivity index is 1.14. The van der Waals surface area contributed by atoms with Crippen molar-refractivity contribution in [2.24, 2.45) is 5.92 Å². The molecule has 1 N–H and O–H groups in total. The summed E-state index contributed by atoms with van der Waals surface area (Å²) in [6.07, 6.45) is 3.47. The monoisotopic (exact) mass is 582 g/mol. The topological polar surface area (TPSA) is 66.9 Å². The number of nitrogens with one attached hydrogen (secondary N) is 1. The van der Waals surface area contributed by atoms with Crippen LogP contribution in [0.25, 0.3) is 11.3 Å². The second-order valence-corrected chi connectivity index (χ2v) is 11.4. The number of rotatable bonds is 8. The standard InChI is InChI=1S/C31H33ClF2N4O3/c32-25-7-8-28(36-29(25)21-3-5-23(33)6-4-21)38-12-9-22(18-38)31(39)35-24(19-37-10-1-2-11-37)15-20-16-26(34)30-27(17-20)40-13-14-41-30/h3-8,16-17,22,24H,1-2,9-15,18-19H2,(H,35,39)/t22-,24?/m1/s1. The maximum absolute atomic E-state index is 14.7. The van der Waals surface area contributed by atoms with Gasteiger partial charge in [0.2, 0.25) is 5.91 Å². The summed E-state index contributed by atoms with van der Waals surface area (Å²) in [5.74, 6) is 0.317. The Labute approximate surface area is 243 Å². The highest BCUT2D eigenvalue weighted by Crippen LogP contribution is 2.35. The molecule has 216 valence electrons. The molecule has 3 aromatic rings. The molecule has 0 spiro atoms. The van der Waals surface area contributed by atoms with Gasteiger partial charge in [-0.2, -0.15) is 0 Å². The molecule has 7 nitrogen and oxygen atoms in total. The van der Waals surface area contributed by atoms with E-state index in [0.717, 1.165) is 42.9 Å². The third kappa shape index (κ3) is 6.41. The second-order valence-electron chi connectivity index (χ2n) is 11.0. The van der Waals surface area contributed by atoms with Crippen LogP contribution in [0.2, 0.25) is 5.02 Å². The third-order valence-electron chi connectivity index (χ3n) is 7.99. The van der Waals surface area contributed by atoms with E-state index in [-0.39, 0.29) is 29.4 Å². The first kappa shape index (κ1) is 27.7. The largest absolute Gasteiger partial charge is 0.486 e. The summed E-state index contributed by atoms with van der Waals surface area (Å²) >= 11 is 6.42. The van der Waals surface area contributed by atoms with E-state index >= 15 is 0 Å². The maximum atomic E-state index is 14.7. The van der Waals surface area contributed by atoms with Gasteiger partial charge in [0, 0.05) is 31.2 Å². The summed E-state index contributed by atoms with van der Waals surface area (Å²) in [5, 5.41) is 3.76. The van der Waals surface area contributed by atoms with E-state index in [2.05, 4.69) is 15.1 Å². The fourth-order valence-corrected chi connectivity index (χ4v) is 6.14. The summed E-state index contributed by atoms with van der Waals surface area (Å²) in [5.41, 5.74) is 2.07. The normalized spacial score (nSPS) is 19.4. The van der Waals surface area contributed by atoms with Crippen LogP contribution in [-0.4, -0.2) is 67.8 Å². The average Bonchev–Trinajstić information content (AvgIpc) is 3.67. The van der Waals surface area contributed by atoms with Crippen molar-refractivity contribution in [1.29, 1.82) is 0 Å². The van der Waals surface area contributed by atoms with Gasteiger partial charge in [0.25, 0.3) is 0 Å². The van der Waals surface area contributed by atoms with Crippen molar-refractivity contribution in [3.05, 3.63) is 70.8 Å². The van der Waals surface area contributed by atoms with Gasteiger partial charge in [0.05, 0.1) is 16.6 Å². The highest BCUT2D eigenvalue weighted by molar-refractivity contribution is 6.33. The zero-order valence-electron chi connectivity index (χ0n) is 22.8. The van der Waals surface area contributed by atoms with Gasteiger partial charge in [0.1, 0.15) is 24.8 Å². The molecule has 1 unspecified atom stereocenters. The number of carbonyl (C=O) groups excluding carboxylic acids is 1. The maximum Gasteiger partial charge on any atom is 0.225 e. The van der Waals surface area contributed by atoms with E-state index in [1.54, 1.807) is 18.2 Å². The molecular formula is C31H33ClF2N4O3. The van der Waals surface area contributed by atoms with E-state index in [1.165, 1.54) is 18.2 Å². The van der Waals surface area contributed by atoms with Gasteiger partial charge in [-0.05, 0) is 92.9 Å². The molecule has 0 saturated carbocycles. The van der Waals surface area contributed by atoms with Gasteiger partial charge < -0.3 is 24.6 Å². The second kappa shape index (κ2) is 12.2. The lowest BCUT2D eigenvalue weighted by molar-refractivity contribution is -0.125. The van der Waals surface area contributed by atoms with Crippen LogP contribution in [0.1, 0.15) is 24.8 Å². The van der Waals surface area contributed by atoms with Gasteiger partial charge in [0.15, 0.2) is 17.3 Å². The Morgan fingerprint density at radius 3 is 2.63 bits per heavy atom. The minimum absolute atomic E-state index is 0.0116. The highest BCUT2D eigenvalue weighted by Gasteiger charge is 2.31. The lowest BCUT2D eigenvalue weighted by Gasteiger charge is -2.27. The first-order chi connectivity index (χ1) is 19.9. The molecule has 2 aromatic carbocycles. The van der Waals surface area contributed by atoms with E-state index < -0.39 is 5.82 Å². The number of hydrogen-bond acceptors (Lipinski definition) is 6. The van der Waals surface area contributed by atoms with Gasteiger partial charge in [-0.3, -0.25) is 4.79 Å². The number of fused-ring (bicyclic) bond motifs is 1. The van der Waals surface area contributed by atoms with Crippen molar-refractivity contribution in [2.75, 3.05) is 50.8 Å². The molecule has 6 rings (SSSR count). The number of pyridine rings is 1. The lowest BCUT2D eigenvalue weighted by Crippen LogP contribution is -2.47. The fourth-order valence-electron chi connectivity index (χ4n) is 5.92. The van der Waals surface area contributed by atoms with E-state index in [4.69, 9.17) is 26.1 Å². The molecule has 1 aromatic heterocycles. The summed E-state index contributed by atoms with van der Waals surface area (Å²) in [4.78, 5) is 22.7. The molecule has 3 aliphatic heterocycles. The number of hydrogen-bond donors (Lipinski definition) is 1. The number of benzene rings is 2. The third-order valence-corrected chi connectivity index (χ3v) is 8.30. The molecule has 3 aliphatic rings. The van der Waals surface area contributed by atoms with Gasteiger partial charge in [-0.1, -0.05) is 11.6 Å². The van der Waals surface area contributed by atoms with Crippen LogP contribution in [0.5, 0.6) is 11.5 Å². The van der Waals surface area contributed by atoms with Crippen LogP contribution >= 0.6 is 11.6 Å². The van der Waals surface area contributed by atoms with Crippen molar-refractivity contribution in [3.8, 4) is 22.8 Å². The SMILES string of the molecule is O=C(NC(Cc1cc(F)c2c(c1)OCCO2)CN1CCCC1)[C@@H]1CCN(c2ccc(Cl)c(-c3ccc(F)cc3)n2)C1. The predicted octanol–water partition coefficient (Wildman–Crippen LogP) is 5.10. The Morgan fingerprint density at radius 2 is 1.83 bits per heavy atom. The van der Waals surface area contributed by atoms with Gasteiger partial charge in [-0.25, -0.2) is 13.8 Å². The van der Waals surface area contributed by atoms with Crippen LogP contribution in [0, 0.1) is 17.6 Å². The smallest absolute Gasteiger partial charge is 0.225 e. The Morgan fingerprint density at radius 1 is 1.05 bits per heavy atom. The lowest BCUT2D eigenvalue weighted by atomic mass is 10.0. The molecule has 0 radical (unpaired) electrons. The molecule has 0 bridgehead atoms. The zero-order chi connectivity index (χ0) is 28.3. The van der Waals surface area contributed by atoms with E-state index in [1.807, 2.05) is 12.1 Å². The van der Waals surface area contributed by atoms with Crippen molar-refractivity contribution in [3.63, 3.8) is 0 Å². The molecule has 1 amide bonds. The first-order valence-corrected chi connectivity index (χ1v) is 14.6. The number of carbonyl (C=O) groups is 1. The van der Waals surface area contributed by atoms with Crippen LogP contribution in [0.4, 0.5) is 14.6 Å². The van der Waals surface area contributed by atoms with Crippen molar-refractivity contribution in [2.45, 2.75) is 31.7 Å². The van der Waals surface area contributed by atoms with Crippen LogP contribution in [-0.2, 0) is 11.2 Å². The molecule has 10 heteroatoms. The predicted molar refractivity (Wildman–Crippen MR) is 154 cm³/mol. The first-order valence-electron chi connectivity index (χ1n) is 14.2. The quantitative estimate of drug-likeness (QED) is 0.399. The average molecular weight is 583 g/mol. The highest BCUT2D eigenvalue weighted by atomic mass is 35.5. The minimum atomic E-state index is -0.439. The summed E-state index contributed by atoms with van der Waals surface area (Å²) in [7, 11) is 0. The summed E-state index contributed by atoms with van der Waals surface area (Å²) < 4.78 is 39.2. The molecule has 2 atom stereocenters. The van der Waals surface area contributed by atoms with E-state index in [0.29, 0.717) is 62.2 Å². The Kier molecular flexibility index (Phi) is 8.25. The molecule has 2 saturated heterocycles. The number of nitrogens with zero attached hydrogens (tertiary/aromatic N) is 3. The van der Waals surface area contributed by atoms with Crippen LogP contribution < -0.4 is 19.7 Å². The van der Waals surface area contributed by atoms with E-state index in [9.17, 15) is 13.6 Å². The molecule has 4 heterocycles. The number of ether oxygens (including phenoxy) is 2.